The van der Waals surface area contributed by atoms with Crippen molar-refractivity contribution in [2.75, 3.05) is 32.8 Å². The zero-order valence-corrected chi connectivity index (χ0v) is 17.7. The number of halogens is 1. The van der Waals surface area contributed by atoms with E-state index in [4.69, 9.17) is 4.74 Å². The van der Waals surface area contributed by atoms with Gasteiger partial charge in [-0.15, -0.1) is 35.3 Å². The Labute approximate surface area is 161 Å². The van der Waals surface area contributed by atoms with E-state index in [0.717, 1.165) is 58.1 Å². The van der Waals surface area contributed by atoms with Crippen molar-refractivity contribution >= 4 is 41.3 Å². The SMILES string of the molecule is CCCCOCCCN=C(NCC)NCCc1ncc(C)s1.I. The van der Waals surface area contributed by atoms with Gasteiger partial charge in [0.1, 0.15) is 0 Å². The average Bonchev–Trinajstić information content (AvgIpc) is 2.92. The van der Waals surface area contributed by atoms with E-state index < -0.39 is 0 Å². The van der Waals surface area contributed by atoms with Gasteiger partial charge in [-0.3, -0.25) is 4.99 Å². The van der Waals surface area contributed by atoms with Gasteiger partial charge < -0.3 is 15.4 Å². The van der Waals surface area contributed by atoms with E-state index >= 15 is 0 Å². The van der Waals surface area contributed by atoms with Crippen LogP contribution in [0.3, 0.4) is 0 Å². The highest BCUT2D eigenvalue weighted by Gasteiger charge is 2.00. The van der Waals surface area contributed by atoms with Crippen molar-refractivity contribution in [3.63, 3.8) is 0 Å². The second-order valence-electron chi connectivity index (χ2n) is 5.12. The lowest BCUT2D eigenvalue weighted by Crippen LogP contribution is -2.38. The summed E-state index contributed by atoms with van der Waals surface area (Å²) in [6.45, 7) is 10.5. The first-order valence-corrected chi connectivity index (χ1v) is 9.09. The quantitative estimate of drug-likeness (QED) is 0.233. The summed E-state index contributed by atoms with van der Waals surface area (Å²) in [6, 6.07) is 0. The monoisotopic (exact) mass is 454 g/mol. The molecule has 0 radical (unpaired) electrons. The van der Waals surface area contributed by atoms with Crippen LogP contribution >= 0.6 is 35.3 Å². The molecule has 0 aliphatic carbocycles. The number of unbranched alkanes of at least 4 members (excludes halogenated alkanes) is 1. The van der Waals surface area contributed by atoms with Crippen LogP contribution in [0.4, 0.5) is 0 Å². The van der Waals surface area contributed by atoms with Crippen LogP contribution in [0.25, 0.3) is 0 Å². The Kier molecular flexibility index (Phi) is 14.9. The first-order chi connectivity index (χ1) is 10.8. The predicted octanol–water partition coefficient (Wildman–Crippen LogP) is 3.37. The minimum Gasteiger partial charge on any atom is -0.381 e. The minimum atomic E-state index is 0. The van der Waals surface area contributed by atoms with Crippen molar-refractivity contribution in [1.29, 1.82) is 0 Å². The molecule has 1 aromatic rings. The fourth-order valence-electron chi connectivity index (χ4n) is 1.85. The van der Waals surface area contributed by atoms with Gasteiger partial charge in [-0.25, -0.2) is 4.98 Å². The van der Waals surface area contributed by atoms with E-state index in [1.807, 2.05) is 6.20 Å². The number of nitrogens with zero attached hydrogens (tertiary/aromatic N) is 2. The standard InChI is InChI=1S/C16H30N4OS.HI/c1-4-6-11-21-12-7-9-18-16(17-5-2)19-10-8-15-20-13-14(3)22-15;/h13H,4-12H2,1-3H3,(H2,17,18,19);1H. The summed E-state index contributed by atoms with van der Waals surface area (Å²) in [5, 5.41) is 7.79. The van der Waals surface area contributed by atoms with Gasteiger partial charge in [-0.2, -0.15) is 0 Å². The molecule has 7 heteroatoms. The lowest BCUT2D eigenvalue weighted by atomic mass is 10.4. The fraction of sp³-hybridized carbons (Fsp3) is 0.750. The maximum absolute atomic E-state index is 5.54. The number of aliphatic imine (C=N–C) groups is 1. The molecule has 0 aromatic carbocycles. The molecule has 1 heterocycles. The Balaban J connectivity index is 0.00000484. The smallest absolute Gasteiger partial charge is 0.191 e. The van der Waals surface area contributed by atoms with Gasteiger partial charge in [0.05, 0.1) is 5.01 Å². The van der Waals surface area contributed by atoms with Crippen molar-refractivity contribution in [2.45, 2.75) is 46.5 Å². The molecular formula is C16H31IN4OS. The number of rotatable bonds is 11. The lowest BCUT2D eigenvalue weighted by molar-refractivity contribution is 0.130. The molecule has 0 saturated heterocycles. The van der Waals surface area contributed by atoms with E-state index in [9.17, 15) is 0 Å². The van der Waals surface area contributed by atoms with E-state index in [1.54, 1.807) is 11.3 Å². The zero-order chi connectivity index (χ0) is 16.0. The number of aromatic nitrogens is 1. The van der Waals surface area contributed by atoms with Crippen LogP contribution in [0, 0.1) is 6.92 Å². The predicted molar refractivity (Wildman–Crippen MR) is 110 cm³/mol. The van der Waals surface area contributed by atoms with Crippen LogP contribution in [0.15, 0.2) is 11.2 Å². The summed E-state index contributed by atoms with van der Waals surface area (Å²) < 4.78 is 5.54. The molecule has 1 rings (SSSR count). The van der Waals surface area contributed by atoms with Gasteiger partial charge in [-0.05, 0) is 26.7 Å². The molecule has 2 N–H and O–H groups in total. The normalized spacial score (nSPS) is 11.2. The largest absolute Gasteiger partial charge is 0.381 e. The second kappa shape index (κ2) is 15.1. The number of hydrogen-bond acceptors (Lipinski definition) is 4. The maximum Gasteiger partial charge on any atom is 0.191 e. The molecule has 0 amide bonds. The van der Waals surface area contributed by atoms with Crippen molar-refractivity contribution < 1.29 is 4.74 Å². The van der Waals surface area contributed by atoms with Crippen LogP contribution in [0.1, 0.15) is 43.0 Å². The second-order valence-corrected chi connectivity index (χ2v) is 6.44. The summed E-state index contributed by atoms with van der Waals surface area (Å²) in [7, 11) is 0. The Bertz CT molecular complexity index is 426. The molecular weight excluding hydrogens is 423 g/mol. The molecule has 0 aliphatic heterocycles. The molecule has 5 nitrogen and oxygen atoms in total. The molecule has 0 bridgehead atoms. The van der Waals surface area contributed by atoms with Gasteiger partial charge in [-0.1, -0.05) is 13.3 Å². The Morgan fingerprint density at radius 2 is 2.04 bits per heavy atom. The summed E-state index contributed by atoms with van der Waals surface area (Å²) in [6.07, 6.45) is 6.15. The Hall–Kier alpha value is -0.410. The van der Waals surface area contributed by atoms with Gasteiger partial charge >= 0.3 is 0 Å². The Morgan fingerprint density at radius 1 is 1.26 bits per heavy atom. The van der Waals surface area contributed by atoms with Gasteiger partial charge in [0.15, 0.2) is 5.96 Å². The topological polar surface area (TPSA) is 58.5 Å². The first kappa shape index (κ1) is 22.6. The van der Waals surface area contributed by atoms with E-state index in [-0.39, 0.29) is 24.0 Å². The van der Waals surface area contributed by atoms with Crippen LogP contribution in [-0.2, 0) is 11.2 Å². The highest BCUT2D eigenvalue weighted by molar-refractivity contribution is 14.0. The van der Waals surface area contributed by atoms with Gasteiger partial charge in [0.2, 0.25) is 0 Å². The summed E-state index contributed by atoms with van der Waals surface area (Å²) >= 11 is 1.76. The lowest BCUT2D eigenvalue weighted by Gasteiger charge is -2.10. The van der Waals surface area contributed by atoms with Gasteiger partial charge in [0, 0.05) is 50.3 Å². The average molecular weight is 454 g/mol. The van der Waals surface area contributed by atoms with Crippen molar-refractivity contribution in [1.82, 2.24) is 15.6 Å². The highest BCUT2D eigenvalue weighted by atomic mass is 127. The highest BCUT2D eigenvalue weighted by Crippen LogP contribution is 2.10. The molecule has 23 heavy (non-hydrogen) atoms. The van der Waals surface area contributed by atoms with E-state index in [0.29, 0.717) is 0 Å². The molecule has 0 saturated carbocycles. The molecule has 0 atom stereocenters. The number of guanidine groups is 1. The molecule has 0 aliphatic rings. The molecule has 0 unspecified atom stereocenters. The molecule has 1 aromatic heterocycles. The third-order valence-corrected chi connectivity index (χ3v) is 3.98. The molecule has 0 spiro atoms. The van der Waals surface area contributed by atoms with E-state index in [2.05, 4.69) is 41.4 Å². The van der Waals surface area contributed by atoms with Crippen LogP contribution in [0.2, 0.25) is 0 Å². The number of hydrogen-bond donors (Lipinski definition) is 2. The van der Waals surface area contributed by atoms with Crippen molar-refractivity contribution in [3.05, 3.63) is 16.1 Å². The summed E-state index contributed by atoms with van der Waals surface area (Å²) in [5.41, 5.74) is 0. The van der Waals surface area contributed by atoms with Crippen LogP contribution < -0.4 is 10.6 Å². The zero-order valence-electron chi connectivity index (χ0n) is 14.6. The number of aryl methyl sites for hydroxylation is 1. The Morgan fingerprint density at radius 3 is 2.70 bits per heavy atom. The summed E-state index contributed by atoms with van der Waals surface area (Å²) in [5.74, 6) is 0.879. The van der Waals surface area contributed by atoms with Crippen LogP contribution in [0.5, 0.6) is 0 Å². The number of ether oxygens (including phenoxy) is 1. The number of thiazole rings is 1. The first-order valence-electron chi connectivity index (χ1n) is 8.27. The third-order valence-electron chi connectivity index (χ3n) is 3.00. The van der Waals surface area contributed by atoms with E-state index in [1.165, 1.54) is 16.3 Å². The van der Waals surface area contributed by atoms with Crippen molar-refractivity contribution in [3.8, 4) is 0 Å². The van der Waals surface area contributed by atoms with Crippen LogP contribution in [-0.4, -0.2) is 43.8 Å². The minimum absolute atomic E-state index is 0. The third kappa shape index (κ3) is 11.7. The molecule has 134 valence electrons. The maximum atomic E-state index is 5.54. The summed E-state index contributed by atoms with van der Waals surface area (Å²) in [4.78, 5) is 10.2. The van der Waals surface area contributed by atoms with Crippen molar-refractivity contribution in [2.24, 2.45) is 4.99 Å². The van der Waals surface area contributed by atoms with Gasteiger partial charge in [0.25, 0.3) is 0 Å². The fourth-order valence-corrected chi connectivity index (χ4v) is 2.64. The molecule has 0 fully saturated rings. The number of nitrogens with one attached hydrogen (secondary N) is 2.